The highest BCUT2D eigenvalue weighted by Crippen LogP contribution is 2.32. The summed E-state index contributed by atoms with van der Waals surface area (Å²) in [7, 11) is 2.93. The average Bonchev–Trinajstić information content (AvgIpc) is 3.10. The maximum absolute atomic E-state index is 13.1. The number of benzene rings is 2. The first kappa shape index (κ1) is 19.0. The second-order valence-electron chi connectivity index (χ2n) is 5.93. The average molecular weight is 382 g/mol. The molecule has 1 amide bonds. The van der Waals surface area contributed by atoms with Crippen LogP contribution in [0.4, 0.5) is 14.5 Å². The molecule has 142 valence electrons. The maximum atomic E-state index is 13.1. The minimum atomic E-state index is -2.86. The fourth-order valence-electron chi connectivity index (χ4n) is 2.83. The molecule has 0 radical (unpaired) electrons. The summed E-state index contributed by atoms with van der Waals surface area (Å²) in [5.74, 6) is -0.287. The normalized spacial score (nSPS) is 10.6. The van der Waals surface area contributed by atoms with E-state index in [-0.39, 0.29) is 5.56 Å². The standard InChI is InChI=1S/C20H16F2N4O2/c1-26-11-15(18(25-26)19(21)22)20(27)24-16-6-4-3-5-14(16)12-7-8-13(10-23)17(9-12)28-2/h3-9,11,19H,1-2H3,(H,24,27). The predicted molar refractivity (Wildman–Crippen MR) is 99.3 cm³/mol. The molecule has 0 unspecified atom stereocenters. The Kier molecular flexibility index (Phi) is 5.36. The van der Waals surface area contributed by atoms with E-state index in [1.54, 1.807) is 42.5 Å². The number of carbonyl (C=O) groups is 1. The van der Waals surface area contributed by atoms with Gasteiger partial charge in [-0.25, -0.2) is 8.78 Å². The summed E-state index contributed by atoms with van der Waals surface area (Å²) in [4.78, 5) is 12.6. The molecule has 0 aliphatic carbocycles. The summed E-state index contributed by atoms with van der Waals surface area (Å²) >= 11 is 0. The Morgan fingerprint density at radius 2 is 2.04 bits per heavy atom. The minimum Gasteiger partial charge on any atom is -0.495 e. The molecule has 1 N–H and O–H groups in total. The number of nitriles is 1. The quantitative estimate of drug-likeness (QED) is 0.719. The monoisotopic (exact) mass is 382 g/mol. The van der Waals surface area contributed by atoms with Gasteiger partial charge in [0.25, 0.3) is 12.3 Å². The molecule has 2 aromatic carbocycles. The van der Waals surface area contributed by atoms with Crippen LogP contribution >= 0.6 is 0 Å². The van der Waals surface area contributed by atoms with Crippen LogP contribution in [-0.2, 0) is 7.05 Å². The van der Waals surface area contributed by atoms with E-state index in [0.29, 0.717) is 28.1 Å². The summed E-state index contributed by atoms with van der Waals surface area (Å²) in [6.07, 6.45) is -1.61. The number of hydrogen-bond acceptors (Lipinski definition) is 4. The van der Waals surface area contributed by atoms with E-state index in [1.165, 1.54) is 25.0 Å². The molecule has 1 aromatic heterocycles. The number of rotatable bonds is 5. The summed E-state index contributed by atoms with van der Waals surface area (Å²) < 4.78 is 32.7. The van der Waals surface area contributed by atoms with Gasteiger partial charge in [-0.2, -0.15) is 10.4 Å². The molecule has 8 heteroatoms. The number of nitrogens with zero attached hydrogens (tertiary/aromatic N) is 3. The van der Waals surface area contributed by atoms with Gasteiger partial charge in [-0.05, 0) is 23.8 Å². The van der Waals surface area contributed by atoms with E-state index >= 15 is 0 Å². The lowest BCUT2D eigenvalue weighted by molar-refractivity contribution is 0.101. The van der Waals surface area contributed by atoms with Gasteiger partial charge in [0, 0.05) is 24.5 Å². The van der Waals surface area contributed by atoms with Gasteiger partial charge in [-0.3, -0.25) is 9.48 Å². The maximum Gasteiger partial charge on any atom is 0.282 e. The van der Waals surface area contributed by atoms with Crippen LogP contribution in [0.5, 0.6) is 5.75 Å². The van der Waals surface area contributed by atoms with Crippen molar-refractivity contribution in [1.29, 1.82) is 5.26 Å². The van der Waals surface area contributed by atoms with Crippen molar-refractivity contribution in [1.82, 2.24) is 9.78 Å². The van der Waals surface area contributed by atoms with Crippen molar-refractivity contribution in [2.75, 3.05) is 12.4 Å². The summed E-state index contributed by atoms with van der Waals surface area (Å²) in [5.41, 5.74) is 1.41. The van der Waals surface area contributed by atoms with E-state index in [0.717, 1.165) is 0 Å². The molecule has 1 heterocycles. The largest absolute Gasteiger partial charge is 0.495 e. The van der Waals surface area contributed by atoms with E-state index in [9.17, 15) is 13.6 Å². The smallest absolute Gasteiger partial charge is 0.282 e. The first-order chi connectivity index (χ1) is 13.4. The van der Waals surface area contributed by atoms with Gasteiger partial charge < -0.3 is 10.1 Å². The molecule has 0 saturated heterocycles. The Balaban J connectivity index is 1.98. The summed E-state index contributed by atoms with van der Waals surface area (Å²) in [5, 5.41) is 15.4. The lowest BCUT2D eigenvalue weighted by atomic mass is 10.0. The number of aromatic nitrogens is 2. The van der Waals surface area contributed by atoms with Crippen molar-refractivity contribution in [3.63, 3.8) is 0 Å². The molecule has 0 atom stereocenters. The molecule has 3 aromatic rings. The molecule has 0 fully saturated rings. The van der Waals surface area contributed by atoms with E-state index in [1.807, 2.05) is 6.07 Å². The number of anilines is 1. The third-order valence-corrected chi connectivity index (χ3v) is 4.12. The van der Waals surface area contributed by atoms with Gasteiger partial charge in [-0.15, -0.1) is 0 Å². The van der Waals surface area contributed by atoms with Crippen LogP contribution in [0.3, 0.4) is 0 Å². The van der Waals surface area contributed by atoms with Crippen LogP contribution < -0.4 is 10.1 Å². The van der Waals surface area contributed by atoms with E-state index in [2.05, 4.69) is 10.4 Å². The topological polar surface area (TPSA) is 79.9 Å². The fraction of sp³-hybridized carbons (Fsp3) is 0.150. The van der Waals surface area contributed by atoms with Gasteiger partial charge >= 0.3 is 0 Å². The van der Waals surface area contributed by atoms with Crippen LogP contribution in [0, 0.1) is 11.3 Å². The number of aryl methyl sites for hydroxylation is 1. The lowest BCUT2D eigenvalue weighted by Gasteiger charge is -2.13. The zero-order valence-corrected chi connectivity index (χ0v) is 15.1. The highest BCUT2D eigenvalue weighted by atomic mass is 19.3. The van der Waals surface area contributed by atoms with Crippen LogP contribution in [0.2, 0.25) is 0 Å². The molecule has 0 bridgehead atoms. The third-order valence-electron chi connectivity index (χ3n) is 4.12. The van der Waals surface area contributed by atoms with Crippen LogP contribution in [0.15, 0.2) is 48.7 Å². The second-order valence-corrected chi connectivity index (χ2v) is 5.93. The minimum absolute atomic E-state index is 0.190. The Morgan fingerprint density at radius 3 is 2.71 bits per heavy atom. The van der Waals surface area contributed by atoms with Crippen molar-refractivity contribution < 1.29 is 18.3 Å². The molecule has 3 rings (SSSR count). The van der Waals surface area contributed by atoms with Gasteiger partial charge in [0.2, 0.25) is 0 Å². The Hall–Kier alpha value is -3.73. The number of ether oxygens (including phenoxy) is 1. The van der Waals surface area contributed by atoms with Crippen molar-refractivity contribution in [2.45, 2.75) is 6.43 Å². The van der Waals surface area contributed by atoms with Crippen LogP contribution in [0.25, 0.3) is 11.1 Å². The van der Waals surface area contributed by atoms with Gasteiger partial charge in [0.05, 0.1) is 18.2 Å². The molecular weight excluding hydrogens is 366 g/mol. The predicted octanol–water partition coefficient (Wildman–Crippen LogP) is 4.16. The molecular formula is C20H16F2N4O2. The van der Waals surface area contributed by atoms with E-state index < -0.39 is 18.0 Å². The Labute approximate surface area is 160 Å². The summed E-state index contributed by atoms with van der Waals surface area (Å²) in [6.45, 7) is 0. The molecule has 0 aliphatic rings. The highest BCUT2D eigenvalue weighted by molar-refractivity contribution is 6.07. The number of nitrogens with one attached hydrogen (secondary N) is 1. The Morgan fingerprint density at radius 1 is 1.29 bits per heavy atom. The zero-order valence-electron chi connectivity index (χ0n) is 15.1. The molecule has 0 saturated carbocycles. The lowest BCUT2D eigenvalue weighted by Crippen LogP contribution is -2.14. The van der Waals surface area contributed by atoms with Crippen LogP contribution in [0.1, 0.15) is 28.0 Å². The van der Waals surface area contributed by atoms with Crippen molar-refractivity contribution >= 4 is 11.6 Å². The van der Waals surface area contributed by atoms with Gasteiger partial charge in [0.1, 0.15) is 17.5 Å². The number of para-hydroxylation sites is 1. The van der Waals surface area contributed by atoms with Gasteiger partial charge in [0.15, 0.2) is 0 Å². The Bertz CT molecular complexity index is 1070. The molecule has 0 spiro atoms. The molecule has 6 nitrogen and oxygen atoms in total. The number of methoxy groups -OCH3 is 1. The first-order valence-corrected chi connectivity index (χ1v) is 8.25. The van der Waals surface area contributed by atoms with Crippen LogP contribution in [-0.4, -0.2) is 22.8 Å². The summed E-state index contributed by atoms with van der Waals surface area (Å²) in [6, 6.07) is 14.0. The number of hydrogen-bond donors (Lipinski definition) is 1. The van der Waals surface area contributed by atoms with Gasteiger partial charge in [-0.1, -0.05) is 24.3 Å². The van der Waals surface area contributed by atoms with Crippen molar-refractivity contribution in [2.24, 2.45) is 7.05 Å². The number of amides is 1. The number of carbonyl (C=O) groups excluding carboxylic acids is 1. The SMILES string of the molecule is COc1cc(-c2ccccc2NC(=O)c2cn(C)nc2C(F)F)ccc1C#N. The molecule has 0 aliphatic heterocycles. The zero-order chi connectivity index (χ0) is 20.3. The number of alkyl halides is 2. The van der Waals surface area contributed by atoms with Crippen molar-refractivity contribution in [3.8, 4) is 22.9 Å². The fourth-order valence-corrected chi connectivity index (χ4v) is 2.83. The first-order valence-electron chi connectivity index (χ1n) is 8.25. The number of halogens is 2. The van der Waals surface area contributed by atoms with Crippen molar-refractivity contribution in [3.05, 3.63) is 65.5 Å². The second kappa shape index (κ2) is 7.88. The highest BCUT2D eigenvalue weighted by Gasteiger charge is 2.23. The van der Waals surface area contributed by atoms with E-state index in [4.69, 9.17) is 10.00 Å². The third kappa shape index (κ3) is 3.69. The molecule has 28 heavy (non-hydrogen) atoms.